The SMILES string of the molecule is CCN(CC)C(=O)CCn1c(O)cc(=O)[nH]c1=O. The molecule has 7 heteroatoms. The number of amides is 1. The summed E-state index contributed by atoms with van der Waals surface area (Å²) in [5.41, 5.74) is -1.38. The molecule has 0 saturated carbocycles. The summed E-state index contributed by atoms with van der Waals surface area (Å²) in [7, 11) is 0. The van der Waals surface area contributed by atoms with E-state index in [0.29, 0.717) is 13.1 Å². The summed E-state index contributed by atoms with van der Waals surface area (Å²) in [4.78, 5) is 37.7. The minimum absolute atomic E-state index is 0.0385. The Bertz CT molecular complexity index is 528. The zero-order chi connectivity index (χ0) is 13.7. The van der Waals surface area contributed by atoms with E-state index in [9.17, 15) is 19.5 Å². The number of nitrogens with one attached hydrogen (secondary N) is 1. The number of carbonyl (C=O) groups excluding carboxylic acids is 1. The normalized spacial score (nSPS) is 10.3. The van der Waals surface area contributed by atoms with E-state index in [1.807, 2.05) is 18.8 Å². The number of aromatic hydroxyl groups is 1. The summed E-state index contributed by atoms with van der Waals surface area (Å²) >= 11 is 0. The van der Waals surface area contributed by atoms with Crippen LogP contribution in [0.2, 0.25) is 0 Å². The minimum atomic E-state index is -0.715. The Morgan fingerprint density at radius 3 is 2.50 bits per heavy atom. The molecule has 1 amide bonds. The number of rotatable bonds is 5. The first-order chi connectivity index (χ1) is 8.49. The van der Waals surface area contributed by atoms with Gasteiger partial charge < -0.3 is 10.0 Å². The van der Waals surface area contributed by atoms with Gasteiger partial charge in [-0.25, -0.2) is 4.79 Å². The first kappa shape index (κ1) is 14.0. The zero-order valence-corrected chi connectivity index (χ0v) is 10.5. The van der Waals surface area contributed by atoms with Crippen molar-refractivity contribution >= 4 is 5.91 Å². The lowest BCUT2D eigenvalue weighted by Crippen LogP contribution is -2.34. The first-order valence-electron chi connectivity index (χ1n) is 5.80. The molecule has 0 aliphatic rings. The number of aromatic amines is 1. The second-order valence-electron chi connectivity index (χ2n) is 3.76. The molecule has 1 heterocycles. The molecule has 2 N–H and O–H groups in total. The van der Waals surface area contributed by atoms with Crippen LogP contribution in [0.15, 0.2) is 15.7 Å². The van der Waals surface area contributed by atoms with Crippen LogP contribution in [0.25, 0.3) is 0 Å². The molecule has 100 valence electrons. The third-order valence-electron chi connectivity index (χ3n) is 2.68. The lowest BCUT2D eigenvalue weighted by atomic mass is 10.3. The average molecular weight is 255 g/mol. The summed E-state index contributed by atoms with van der Waals surface area (Å²) in [6.07, 6.45) is 0.0984. The fraction of sp³-hybridized carbons (Fsp3) is 0.545. The van der Waals surface area contributed by atoms with E-state index in [2.05, 4.69) is 0 Å². The van der Waals surface area contributed by atoms with Gasteiger partial charge >= 0.3 is 5.69 Å². The lowest BCUT2D eigenvalue weighted by molar-refractivity contribution is -0.131. The van der Waals surface area contributed by atoms with Gasteiger partial charge in [-0.3, -0.25) is 19.1 Å². The maximum absolute atomic E-state index is 11.7. The smallest absolute Gasteiger partial charge is 0.331 e. The highest BCUT2D eigenvalue weighted by Crippen LogP contribution is 2.03. The summed E-state index contributed by atoms with van der Waals surface area (Å²) in [5, 5.41) is 9.46. The first-order valence-corrected chi connectivity index (χ1v) is 5.80. The molecule has 0 aromatic carbocycles. The highest BCUT2D eigenvalue weighted by Gasteiger charge is 2.11. The molecule has 0 saturated heterocycles. The van der Waals surface area contributed by atoms with Gasteiger partial charge in [0, 0.05) is 26.1 Å². The van der Waals surface area contributed by atoms with Crippen molar-refractivity contribution in [3.05, 3.63) is 26.9 Å². The molecule has 1 rings (SSSR count). The summed E-state index contributed by atoms with van der Waals surface area (Å²) in [6, 6.07) is 0.906. The van der Waals surface area contributed by atoms with Crippen LogP contribution in [0.1, 0.15) is 20.3 Å². The van der Waals surface area contributed by atoms with Crippen molar-refractivity contribution in [3.8, 4) is 5.88 Å². The molecule has 1 aromatic heterocycles. The van der Waals surface area contributed by atoms with Crippen LogP contribution in [0.4, 0.5) is 0 Å². The van der Waals surface area contributed by atoms with Gasteiger partial charge in [0.25, 0.3) is 5.56 Å². The van der Waals surface area contributed by atoms with Gasteiger partial charge in [-0.05, 0) is 13.8 Å². The summed E-state index contributed by atoms with van der Waals surface area (Å²) in [5.74, 6) is -0.534. The van der Waals surface area contributed by atoms with Crippen LogP contribution in [0.3, 0.4) is 0 Å². The van der Waals surface area contributed by atoms with Gasteiger partial charge in [-0.1, -0.05) is 0 Å². The molecule has 0 aliphatic carbocycles. The molecule has 0 radical (unpaired) electrons. The van der Waals surface area contributed by atoms with E-state index in [0.717, 1.165) is 10.6 Å². The molecule has 1 aromatic rings. The van der Waals surface area contributed by atoms with Gasteiger partial charge in [-0.2, -0.15) is 0 Å². The van der Waals surface area contributed by atoms with Gasteiger partial charge in [0.15, 0.2) is 0 Å². The largest absolute Gasteiger partial charge is 0.494 e. The Morgan fingerprint density at radius 1 is 1.39 bits per heavy atom. The van der Waals surface area contributed by atoms with Crippen molar-refractivity contribution in [3.63, 3.8) is 0 Å². The van der Waals surface area contributed by atoms with E-state index in [4.69, 9.17) is 0 Å². The average Bonchev–Trinajstić information content (AvgIpc) is 2.29. The Hall–Kier alpha value is -2.05. The molecular formula is C11H17N3O4. The predicted octanol–water partition coefficient (Wildman–Crippen LogP) is -0.499. The van der Waals surface area contributed by atoms with Crippen LogP contribution < -0.4 is 11.2 Å². The molecule has 0 atom stereocenters. The third-order valence-corrected chi connectivity index (χ3v) is 2.68. The van der Waals surface area contributed by atoms with Crippen LogP contribution in [0, 0.1) is 0 Å². The topological polar surface area (TPSA) is 95.4 Å². The fourth-order valence-electron chi connectivity index (χ4n) is 1.67. The van der Waals surface area contributed by atoms with Crippen molar-refractivity contribution in [1.82, 2.24) is 14.5 Å². The summed E-state index contributed by atoms with van der Waals surface area (Å²) < 4.78 is 0.961. The number of nitrogens with zero attached hydrogens (tertiary/aromatic N) is 2. The van der Waals surface area contributed by atoms with Gasteiger partial charge in [0.1, 0.15) is 0 Å². The quantitative estimate of drug-likeness (QED) is 0.741. The molecule has 0 fully saturated rings. The zero-order valence-electron chi connectivity index (χ0n) is 10.5. The highest BCUT2D eigenvalue weighted by molar-refractivity contribution is 5.76. The Labute approximate surface area is 104 Å². The lowest BCUT2D eigenvalue weighted by Gasteiger charge is -2.18. The van der Waals surface area contributed by atoms with Crippen molar-refractivity contribution in [2.24, 2.45) is 0 Å². The molecule has 0 spiro atoms. The van der Waals surface area contributed by atoms with Crippen LogP contribution in [-0.4, -0.2) is 38.6 Å². The second-order valence-corrected chi connectivity index (χ2v) is 3.76. The van der Waals surface area contributed by atoms with E-state index in [-0.39, 0.29) is 18.9 Å². The van der Waals surface area contributed by atoms with Crippen molar-refractivity contribution in [2.75, 3.05) is 13.1 Å². The number of H-pyrrole nitrogens is 1. The van der Waals surface area contributed by atoms with Gasteiger partial charge in [0.05, 0.1) is 6.07 Å². The van der Waals surface area contributed by atoms with E-state index in [1.165, 1.54) is 0 Å². The predicted molar refractivity (Wildman–Crippen MR) is 65.5 cm³/mol. The number of hydrogen-bond acceptors (Lipinski definition) is 4. The van der Waals surface area contributed by atoms with Crippen molar-refractivity contribution < 1.29 is 9.90 Å². The monoisotopic (exact) mass is 255 g/mol. The molecule has 0 aliphatic heterocycles. The number of carbonyl (C=O) groups is 1. The Morgan fingerprint density at radius 2 is 2.00 bits per heavy atom. The van der Waals surface area contributed by atoms with E-state index < -0.39 is 17.1 Å². The van der Waals surface area contributed by atoms with Crippen molar-refractivity contribution in [2.45, 2.75) is 26.8 Å². The molecule has 0 bridgehead atoms. The molecule has 7 nitrogen and oxygen atoms in total. The minimum Gasteiger partial charge on any atom is -0.494 e. The molecule has 0 unspecified atom stereocenters. The van der Waals surface area contributed by atoms with E-state index in [1.54, 1.807) is 4.90 Å². The van der Waals surface area contributed by atoms with E-state index >= 15 is 0 Å². The van der Waals surface area contributed by atoms with Crippen LogP contribution in [0.5, 0.6) is 5.88 Å². The Balaban J connectivity index is 2.79. The van der Waals surface area contributed by atoms with Gasteiger partial charge in [0.2, 0.25) is 11.8 Å². The molecule has 18 heavy (non-hydrogen) atoms. The van der Waals surface area contributed by atoms with Crippen molar-refractivity contribution in [1.29, 1.82) is 0 Å². The fourth-order valence-corrected chi connectivity index (χ4v) is 1.67. The number of aromatic nitrogens is 2. The molecular weight excluding hydrogens is 238 g/mol. The second kappa shape index (κ2) is 6.04. The van der Waals surface area contributed by atoms with Crippen LogP contribution in [-0.2, 0) is 11.3 Å². The summed E-state index contributed by atoms with van der Waals surface area (Å²) in [6.45, 7) is 4.97. The number of hydrogen-bond donors (Lipinski definition) is 2. The highest BCUT2D eigenvalue weighted by atomic mass is 16.3. The third kappa shape index (κ3) is 3.22. The van der Waals surface area contributed by atoms with Crippen LogP contribution >= 0.6 is 0 Å². The maximum Gasteiger partial charge on any atom is 0.331 e. The standard InChI is InChI=1S/C11H17N3O4/c1-3-13(4-2)9(16)5-6-14-10(17)7-8(15)12-11(14)18/h7,17H,3-6H2,1-2H3,(H,12,15,18). The van der Waals surface area contributed by atoms with Gasteiger partial charge in [-0.15, -0.1) is 0 Å². The Kier molecular flexibility index (Phi) is 4.70. The maximum atomic E-state index is 11.7.